The Kier molecular flexibility index (Phi) is 15.3. The first-order valence-electron chi connectivity index (χ1n) is 23.7. The number of fused-ring (bicyclic) bond motifs is 3. The molecule has 1 saturated carbocycles. The third-order valence-electron chi connectivity index (χ3n) is 13.6. The molecule has 4 heterocycles. The number of nitrogens with one attached hydrogen (secondary N) is 3. The van der Waals surface area contributed by atoms with Crippen molar-refractivity contribution in [3.63, 3.8) is 0 Å². The predicted molar refractivity (Wildman–Crippen MR) is 247 cm³/mol. The van der Waals surface area contributed by atoms with Crippen molar-refractivity contribution in [1.29, 1.82) is 0 Å². The lowest BCUT2D eigenvalue weighted by atomic mass is 9.75. The number of alkyl carbamates (subject to hydrolysis) is 1. The van der Waals surface area contributed by atoms with E-state index in [0.29, 0.717) is 37.0 Å². The maximum Gasteiger partial charge on any atom is 0.437 e. The standard InChI is InChI=1S/C48H64F3N7O9S/c1-6-7-8-9-10-12-33-15-18-47(33,43(61)55-68(63,64)45(4)19-20-45)54-42(60)38-28-46(31-58(38)39(59)29-52-44(62)66-30-32(2)3)17-16-35-36-27-34(65-26-11-21-57-24-22-56(5)23-25-57)13-14-37(36)53-41(40(35)67-46)48(49,50)51/h10,12-14,27,32-33,38H,6-9,11,16-17,19-26,28-31H2,1-5H3,(H,52,62)(H,54,60)(H,55,61). The molecular formula is C48H64F3N7O9S. The number of pyridine rings is 1. The summed E-state index contributed by atoms with van der Waals surface area (Å²) < 4.78 is 90.3. The van der Waals surface area contributed by atoms with Crippen LogP contribution in [0.3, 0.4) is 0 Å². The van der Waals surface area contributed by atoms with Gasteiger partial charge in [0.2, 0.25) is 21.8 Å². The van der Waals surface area contributed by atoms with E-state index in [9.17, 15) is 40.8 Å². The van der Waals surface area contributed by atoms with E-state index in [1.165, 1.54) is 13.0 Å². The van der Waals surface area contributed by atoms with Gasteiger partial charge in [0.15, 0.2) is 17.0 Å². The Morgan fingerprint density at radius 2 is 1.82 bits per heavy atom. The first-order valence-corrected chi connectivity index (χ1v) is 25.2. The number of unbranched alkanes of at least 4 members (excludes halogenated alkanes) is 3. The number of likely N-dealkylation sites (N-methyl/N-ethyl adjacent to an activating group) is 1. The van der Waals surface area contributed by atoms with E-state index in [2.05, 4.69) is 56.0 Å². The summed E-state index contributed by atoms with van der Waals surface area (Å²) in [6, 6.07) is 3.27. The van der Waals surface area contributed by atoms with Gasteiger partial charge in [-0.3, -0.25) is 14.4 Å². The number of hydrogen-bond donors (Lipinski definition) is 3. The Labute approximate surface area is 396 Å². The van der Waals surface area contributed by atoms with E-state index in [1.807, 2.05) is 19.9 Å². The average molecular weight is 972 g/mol. The summed E-state index contributed by atoms with van der Waals surface area (Å²) in [6.07, 6.45) is 2.22. The molecule has 4 unspecified atom stereocenters. The normalized spacial score (nSPS) is 24.5. The Morgan fingerprint density at radius 1 is 1.07 bits per heavy atom. The summed E-state index contributed by atoms with van der Waals surface area (Å²) in [5.74, 6) is 1.78. The number of carbonyl (C=O) groups excluding carboxylic acids is 4. The van der Waals surface area contributed by atoms with Crippen molar-refractivity contribution < 1.29 is 55.0 Å². The lowest BCUT2D eigenvalue weighted by Crippen LogP contribution is -2.68. The predicted octanol–water partition coefficient (Wildman–Crippen LogP) is 4.94. The Morgan fingerprint density at radius 3 is 2.49 bits per heavy atom. The van der Waals surface area contributed by atoms with Gasteiger partial charge in [-0.1, -0.05) is 57.6 Å². The molecule has 3 N–H and O–H groups in total. The SMILES string of the molecule is CCCCCC=CC1C#CC1(NC(=O)C1CC2(CCc3c(c(C(F)(F)F)nc4ccc(OCCCN5CCN(C)CC5)cc34)O2)CN1C(=O)CNC(=O)OCC(C)C)C(=O)NS(=O)(=O)C1(C)CC1. The van der Waals surface area contributed by atoms with Gasteiger partial charge in [-0.15, -0.1) is 0 Å². The summed E-state index contributed by atoms with van der Waals surface area (Å²) in [5.41, 5.74) is -4.57. The van der Waals surface area contributed by atoms with Crippen molar-refractivity contribution in [2.45, 2.75) is 120 Å². The summed E-state index contributed by atoms with van der Waals surface area (Å²) in [4.78, 5) is 65.3. The fraction of sp³-hybridized carbons (Fsp3) is 0.646. The van der Waals surface area contributed by atoms with Crippen molar-refractivity contribution in [1.82, 2.24) is 35.0 Å². The highest BCUT2D eigenvalue weighted by molar-refractivity contribution is 7.91. The number of amides is 4. The highest BCUT2D eigenvalue weighted by Crippen LogP contribution is 2.49. The zero-order chi connectivity index (χ0) is 49.1. The van der Waals surface area contributed by atoms with Crippen molar-refractivity contribution in [2.75, 3.05) is 66.1 Å². The molecule has 372 valence electrons. The van der Waals surface area contributed by atoms with E-state index in [4.69, 9.17) is 14.2 Å². The van der Waals surface area contributed by atoms with Crippen LogP contribution in [0.1, 0.15) is 96.7 Å². The number of benzene rings is 1. The number of aromatic nitrogens is 1. The van der Waals surface area contributed by atoms with Crippen molar-refractivity contribution in [3.05, 3.63) is 41.6 Å². The van der Waals surface area contributed by atoms with Crippen LogP contribution in [0.2, 0.25) is 0 Å². The van der Waals surface area contributed by atoms with Gasteiger partial charge in [-0.05, 0) is 83.0 Å². The number of nitrogens with zero attached hydrogens (tertiary/aromatic N) is 4. The summed E-state index contributed by atoms with van der Waals surface area (Å²) >= 11 is 0. The first-order chi connectivity index (χ1) is 32.2. The molecule has 1 aromatic heterocycles. The zero-order valence-electron chi connectivity index (χ0n) is 39.6. The molecular weight excluding hydrogens is 908 g/mol. The van der Waals surface area contributed by atoms with Crippen LogP contribution in [0.15, 0.2) is 30.4 Å². The van der Waals surface area contributed by atoms with Crippen LogP contribution in [-0.4, -0.2) is 140 Å². The van der Waals surface area contributed by atoms with Crippen molar-refractivity contribution in [2.24, 2.45) is 11.8 Å². The number of alkyl halides is 3. The van der Waals surface area contributed by atoms with E-state index in [-0.39, 0.29) is 49.4 Å². The van der Waals surface area contributed by atoms with Crippen LogP contribution in [0, 0.1) is 23.7 Å². The minimum Gasteiger partial charge on any atom is -0.494 e. The van der Waals surface area contributed by atoms with Crippen LogP contribution < -0.4 is 24.8 Å². The van der Waals surface area contributed by atoms with E-state index >= 15 is 0 Å². The molecule has 0 radical (unpaired) electrons. The molecule has 16 nitrogen and oxygen atoms in total. The van der Waals surface area contributed by atoms with Gasteiger partial charge in [-0.2, -0.15) is 13.2 Å². The Balaban J connectivity index is 1.17. The lowest BCUT2D eigenvalue weighted by Gasteiger charge is -2.38. The smallest absolute Gasteiger partial charge is 0.437 e. The van der Waals surface area contributed by atoms with E-state index < -0.39 is 85.8 Å². The summed E-state index contributed by atoms with van der Waals surface area (Å²) in [5, 5.41) is 5.48. The maximum atomic E-state index is 15.0. The number of rotatable bonds is 19. The topological polar surface area (TPSA) is 189 Å². The van der Waals surface area contributed by atoms with Crippen LogP contribution >= 0.6 is 0 Å². The molecule has 1 spiro atoms. The van der Waals surface area contributed by atoms with Crippen LogP contribution in [-0.2, 0) is 41.7 Å². The third-order valence-corrected chi connectivity index (χ3v) is 15.7. The molecule has 0 bridgehead atoms. The number of piperazine rings is 1. The van der Waals surface area contributed by atoms with Crippen molar-refractivity contribution in [3.8, 4) is 23.3 Å². The summed E-state index contributed by atoms with van der Waals surface area (Å²) in [7, 11) is -2.10. The highest BCUT2D eigenvalue weighted by atomic mass is 32.2. The fourth-order valence-electron chi connectivity index (χ4n) is 8.99. The quantitative estimate of drug-likeness (QED) is 0.0980. The second-order valence-corrected chi connectivity index (χ2v) is 21.7. The van der Waals surface area contributed by atoms with Gasteiger partial charge in [0, 0.05) is 50.1 Å². The molecule has 1 aromatic carbocycles. The molecule has 2 aromatic rings. The molecule has 4 atom stereocenters. The number of hydrogen-bond acceptors (Lipinski definition) is 12. The molecule has 3 aliphatic heterocycles. The van der Waals surface area contributed by atoms with Crippen molar-refractivity contribution >= 4 is 44.7 Å². The monoisotopic (exact) mass is 971 g/mol. The van der Waals surface area contributed by atoms with Gasteiger partial charge in [0.25, 0.3) is 5.91 Å². The zero-order valence-corrected chi connectivity index (χ0v) is 40.4. The third kappa shape index (κ3) is 11.3. The molecule has 2 aliphatic carbocycles. The Bertz CT molecular complexity index is 2450. The van der Waals surface area contributed by atoms with Gasteiger partial charge >= 0.3 is 12.3 Å². The number of allylic oxidation sites excluding steroid dienone is 1. The lowest BCUT2D eigenvalue weighted by molar-refractivity contribution is -0.144. The fourth-order valence-corrected chi connectivity index (χ4v) is 10.3. The molecule has 3 fully saturated rings. The molecule has 4 amide bonds. The number of ether oxygens (including phenoxy) is 3. The second-order valence-electron chi connectivity index (χ2n) is 19.5. The van der Waals surface area contributed by atoms with Crippen LogP contribution in [0.4, 0.5) is 18.0 Å². The second kappa shape index (κ2) is 20.5. The molecule has 5 aliphatic rings. The van der Waals surface area contributed by atoms with E-state index in [0.717, 1.165) is 63.3 Å². The van der Waals surface area contributed by atoms with Gasteiger partial charge < -0.3 is 39.5 Å². The number of sulfonamides is 1. The molecule has 2 saturated heterocycles. The van der Waals surface area contributed by atoms with Gasteiger partial charge in [-0.25, -0.2) is 22.9 Å². The number of likely N-dealkylation sites (tertiary alicyclic amines) is 1. The molecule has 7 rings (SSSR count). The number of halogens is 3. The minimum absolute atomic E-state index is 0.00454. The first kappa shape index (κ1) is 50.7. The number of carbonyl (C=O) groups is 4. The average Bonchev–Trinajstić information content (AvgIpc) is 3.95. The minimum atomic E-state index is -4.96. The molecule has 20 heteroatoms. The van der Waals surface area contributed by atoms with Crippen LogP contribution in [0.25, 0.3) is 10.9 Å². The van der Waals surface area contributed by atoms with Crippen LogP contribution in [0.5, 0.6) is 11.5 Å². The van der Waals surface area contributed by atoms with Gasteiger partial charge in [0.1, 0.15) is 23.9 Å². The maximum absolute atomic E-state index is 15.0. The molecule has 68 heavy (non-hydrogen) atoms. The van der Waals surface area contributed by atoms with Gasteiger partial charge in [0.05, 0.1) is 35.9 Å². The largest absolute Gasteiger partial charge is 0.494 e. The Hall–Kier alpha value is -5.13. The number of aryl methyl sites for hydroxylation is 1. The highest BCUT2D eigenvalue weighted by Gasteiger charge is 2.58. The summed E-state index contributed by atoms with van der Waals surface area (Å²) in [6.45, 7) is 11.4. The van der Waals surface area contributed by atoms with E-state index in [1.54, 1.807) is 18.2 Å².